The lowest BCUT2D eigenvalue weighted by atomic mass is 10.1. The highest BCUT2D eigenvalue weighted by Gasteiger charge is 1.97. The fraction of sp³-hybridized carbons (Fsp3) is 0.417. The second-order valence-electron chi connectivity index (χ2n) is 4.02. The maximum absolute atomic E-state index is 5.55. The van der Waals surface area contributed by atoms with Crippen LogP contribution in [0.3, 0.4) is 0 Å². The Bertz CT molecular complexity index is 341. The van der Waals surface area contributed by atoms with Gasteiger partial charge in [-0.25, -0.2) is 0 Å². The Morgan fingerprint density at radius 2 is 1.81 bits per heavy atom. The molecule has 0 bridgehead atoms. The summed E-state index contributed by atoms with van der Waals surface area (Å²) in [6.07, 6.45) is 0. The molecule has 0 heterocycles. The highest BCUT2D eigenvalue weighted by atomic mass is 15.1. The summed E-state index contributed by atoms with van der Waals surface area (Å²) in [5.74, 6) is 0.470. The second-order valence-corrected chi connectivity index (χ2v) is 4.02. The molecule has 0 spiro atoms. The monoisotopic (exact) mass is 220 g/mol. The van der Waals surface area contributed by atoms with Gasteiger partial charge >= 0.3 is 0 Å². The van der Waals surface area contributed by atoms with Crippen LogP contribution in [-0.4, -0.2) is 32.0 Å². The van der Waals surface area contributed by atoms with E-state index in [1.54, 1.807) is 7.05 Å². The molecule has 0 aliphatic rings. The lowest BCUT2D eigenvalue weighted by Gasteiger charge is -2.10. The molecule has 0 aliphatic heterocycles. The molecule has 0 atom stereocenters. The molecule has 0 saturated carbocycles. The van der Waals surface area contributed by atoms with Crippen LogP contribution in [0.5, 0.6) is 0 Å². The van der Waals surface area contributed by atoms with Gasteiger partial charge < -0.3 is 16.0 Å². The van der Waals surface area contributed by atoms with E-state index in [0.29, 0.717) is 12.5 Å². The number of nitrogens with one attached hydrogen (secondary N) is 1. The molecule has 1 aromatic carbocycles. The van der Waals surface area contributed by atoms with Crippen molar-refractivity contribution < 1.29 is 0 Å². The van der Waals surface area contributed by atoms with E-state index in [0.717, 1.165) is 6.54 Å². The maximum atomic E-state index is 5.55. The van der Waals surface area contributed by atoms with Crippen molar-refractivity contribution in [1.82, 2.24) is 10.2 Å². The van der Waals surface area contributed by atoms with Crippen molar-refractivity contribution in [3.8, 4) is 0 Å². The van der Waals surface area contributed by atoms with Crippen LogP contribution >= 0.6 is 0 Å². The third-order valence-corrected chi connectivity index (χ3v) is 2.24. The molecule has 1 rings (SSSR count). The van der Waals surface area contributed by atoms with E-state index in [4.69, 9.17) is 5.73 Å². The number of hydrogen-bond donors (Lipinski definition) is 2. The van der Waals surface area contributed by atoms with E-state index in [1.165, 1.54) is 11.1 Å². The van der Waals surface area contributed by atoms with E-state index in [9.17, 15) is 0 Å². The second kappa shape index (κ2) is 6.12. The molecule has 0 saturated heterocycles. The number of aliphatic imine (C=N–C) groups is 1. The molecule has 16 heavy (non-hydrogen) atoms. The van der Waals surface area contributed by atoms with Crippen molar-refractivity contribution in [3.63, 3.8) is 0 Å². The normalized spacial score (nSPS) is 11.9. The largest absolute Gasteiger partial charge is 0.370 e. The fourth-order valence-corrected chi connectivity index (χ4v) is 1.40. The highest BCUT2D eigenvalue weighted by Crippen LogP contribution is 2.05. The SMILES string of the molecule is CN=C(N)NCc1ccc(CN(C)C)cc1. The molecule has 0 amide bonds. The van der Waals surface area contributed by atoms with E-state index in [-0.39, 0.29) is 0 Å². The summed E-state index contributed by atoms with van der Waals surface area (Å²) in [5.41, 5.74) is 8.06. The maximum Gasteiger partial charge on any atom is 0.188 e. The number of nitrogens with two attached hydrogens (primary N) is 1. The van der Waals surface area contributed by atoms with Crippen LogP contribution in [0.25, 0.3) is 0 Å². The first-order valence-electron chi connectivity index (χ1n) is 5.30. The van der Waals surface area contributed by atoms with Gasteiger partial charge in [-0.1, -0.05) is 24.3 Å². The molecular weight excluding hydrogens is 200 g/mol. The van der Waals surface area contributed by atoms with Gasteiger partial charge in [0.1, 0.15) is 0 Å². The standard InChI is InChI=1S/C12H20N4/c1-14-12(13)15-8-10-4-6-11(7-5-10)9-16(2)3/h4-7H,8-9H2,1-3H3,(H3,13,14,15). The van der Waals surface area contributed by atoms with Crippen LogP contribution in [0, 0.1) is 0 Å². The van der Waals surface area contributed by atoms with Crippen LogP contribution in [0.2, 0.25) is 0 Å². The van der Waals surface area contributed by atoms with Gasteiger partial charge in [-0.15, -0.1) is 0 Å². The van der Waals surface area contributed by atoms with Crippen molar-refractivity contribution in [3.05, 3.63) is 35.4 Å². The minimum absolute atomic E-state index is 0.470. The first kappa shape index (κ1) is 12.5. The molecule has 1 aromatic rings. The zero-order chi connectivity index (χ0) is 12.0. The van der Waals surface area contributed by atoms with E-state index in [2.05, 4.69) is 53.6 Å². The molecule has 0 radical (unpaired) electrons. The summed E-state index contributed by atoms with van der Waals surface area (Å²) >= 11 is 0. The Hall–Kier alpha value is -1.55. The first-order chi connectivity index (χ1) is 7.61. The number of hydrogen-bond acceptors (Lipinski definition) is 2. The van der Waals surface area contributed by atoms with Gasteiger partial charge in [-0.05, 0) is 25.2 Å². The summed E-state index contributed by atoms with van der Waals surface area (Å²) in [6.45, 7) is 1.68. The molecule has 0 fully saturated rings. The Morgan fingerprint density at radius 3 is 2.31 bits per heavy atom. The number of nitrogens with zero attached hydrogens (tertiary/aromatic N) is 2. The van der Waals surface area contributed by atoms with Gasteiger partial charge in [-0.2, -0.15) is 0 Å². The Morgan fingerprint density at radius 1 is 1.25 bits per heavy atom. The summed E-state index contributed by atoms with van der Waals surface area (Å²) in [6, 6.07) is 8.48. The van der Waals surface area contributed by atoms with Gasteiger partial charge in [0.05, 0.1) is 0 Å². The average molecular weight is 220 g/mol. The molecule has 0 aromatic heterocycles. The smallest absolute Gasteiger partial charge is 0.188 e. The topological polar surface area (TPSA) is 53.6 Å². The Labute approximate surface area is 97.2 Å². The number of benzene rings is 1. The zero-order valence-electron chi connectivity index (χ0n) is 10.2. The van der Waals surface area contributed by atoms with Crippen LogP contribution in [0.1, 0.15) is 11.1 Å². The summed E-state index contributed by atoms with van der Waals surface area (Å²) < 4.78 is 0. The fourth-order valence-electron chi connectivity index (χ4n) is 1.40. The average Bonchev–Trinajstić information content (AvgIpc) is 2.27. The van der Waals surface area contributed by atoms with Crippen molar-refractivity contribution in [1.29, 1.82) is 0 Å². The lowest BCUT2D eigenvalue weighted by molar-refractivity contribution is 0.402. The van der Waals surface area contributed by atoms with Crippen molar-refractivity contribution in [2.24, 2.45) is 10.7 Å². The van der Waals surface area contributed by atoms with Gasteiger partial charge in [0.25, 0.3) is 0 Å². The van der Waals surface area contributed by atoms with Crippen molar-refractivity contribution in [2.75, 3.05) is 21.1 Å². The molecule has 0 aliphatic carbocycles. The van der Waals surface area contributed by atoms with Crippen LogP contribution < -0.4 is 11.1 Å². The molecule has 4 nitrogen and oxygen atoms in total. The van der Waals surface area contributed by atoms with Crippen molar-refractivity contribution >= 4 is 5.96 Å². The minimum Gasteiger partial charge on any atom is -0.370 e. The lowest BCUT2D eigenvalue weighted by Crippen LogP contribution is -2.30. The highest BCUT2D eigenvalue weighted by molar-refractivity contribution is 5.77. The molecule has 3 N–H and O–H groups in total. The molecule has 0 unspecified atom stereocenters. The van der Waals surface area contributed by atoms with Gasteiger partial charge in [0.15, 0.2) is 5.96 Å². The molecular formula is C12H20N4. The minimum atomic E-state index is 0.470. The van der Waals surface area contributed by atoms with Crippen LogP contribution in [-0.2, 0) is 13.1 Å². The zero-order valence-corrected chi connectivity index (χ0v) is 10.2. The van der Waals surface area contributed by atoms with Crippen LogP contribution in [0.15, 0.2) is 29.3 Å². The predicted octanol–water partition coefficient (Wildman–Crippen LogP) is 0.782. The predicted molar refractivity (Wildman–Crippen MR) is 68.2 cm³/mol. The number of guanidine groups is 1. The third kappa shape index (κ3) is 4.31. The summed E-state index contributed by atoms with van der Waals surface area (Å²) in [5, 5.41) is 3.03. The Balaban J connectivity index is 2.51. The van der Waals surface area contributed by atoms with Crippen molar-refractivity contribution in [2.45, 2.75) is 13.1 Å². The van der Waals surface area contributed by atoms with E-state index >= 15 is 0 Å². The van der Waals surface area contributed by atoms with E-state index < -0.39 is 0 Å². The quantitative estimate of drug-likeness (QED) is 0.582. The van der Waals surface area contributed by atoms with E-state index in [1.807, 2.05) is 0 Å². The van der Waals surface area contributed by atoms with Gasteiger partial charge in [0, 0.05) is 20.1 Å². The summed E-state index contributed by atoms with van der Waals surface area (Å²) in [7, 11) is 5.80. The summed E-state index contributed by atoms with van der Waals surface area (Å²) in [4.78, 5) is 5.98. The third-order valence-electron chi connectivity index (χ3n) is 2.24. The van der Waals surface area contributed by atoms with Gasteiger partial charge in [0.2, 0.25) is 0 Å². The Kier molecular flexibility index (Phi) is 4.79. The first-order valence-corrected chi connectivity index (χ1v) is 5.30. The molecule has 88 valence electrons. The van der Waals surface area contributed by atoms with Gasteiger partial charge in [-0.3, -0.25) is 4.99 Å². The number of rotatable bonds is 4. The van der Waals surface area contributed by atoms with Crippen LogP contribution in [0.4, 0.5) is 0 Å². The molecule has 4 heteroatoms.